The molecule has 0 aliphatic heterocycles. The Balaban J connectivity index is 2.57. The molecule has 1 fully saturated rings. The van der Waals surface area contributed by atoms with Gasteiger partial charge in [0, 0.05) is 17.8 Å². The van der Waals surface area contributed by atoms with Gasteiger partial charge in [0.1, 0.15) is 0 Å². The summed E-state index contributed by atoms with van der Waals surface area (Å²) in [6.07, 6.45) is 2.82. The van der Waals surface area contributed by atoms with Gasteiger partial charge >= 0.3 is 18.1 Å². The molecule has 1 N–H and O–H groups in total. The van der Waals surface area contributed by atoms with Crippen LogP contribution in [0.1, 0.15) is 31.9 Å². The van der Waals surface area contributed by atoms with Crippen molar-refractivity contribution in [3.05, 3.63) is 35.4 Å². The molecule has 1 heterocycles. The number of nitrogens with zero attached hydrogens (tertiary/aromatic N) is 1. The monoisotopic (exact) mass is 415 g/mol. The maximum absolute atomic E-state index is 14.4. The lowest BCUT2D eigenvalue weighted by Crippen LogP contribution is -2.17. The van der Waals surface area contributed by atoms with Crippen LogP contribution in [0.3, 0.4) is 0 Å². The van der Waals surface area contributed by atoms with Crippen molar-refractivity contribution in [3.63, 3.8) is 0 Å². The SMILES string of the molecule is C#CCn1cc(C[C@]2(C=C(F)C(=O)OCC)[C@@H](C(=O)O)C2(C)C)c(C(F)(F)F)c1. The third-order valence-electron chi connectivity index (χ3n) is 5.48. The molecule has 0 unspecified atom stereocenters. The van der Waals surface area contributed by atoms with Gasteiger partial charge in [-0.3, -0.25) is 4.79 Å². The largest absolute Gasteiger partial charge is 0.481 e. The first-order chi connectivity index (χ1) is 13.3. The Morgan fingerprint density at radius 2 is 2.00 bits per heavy atom. The number of terminal acetylenes is 1. The number of carboxylic acids is 1. The Kier molecular flexibility index (Phi) is 5.89. The molecule has 1 aliphatic carbocycles. The number of alkyl halides is 3. The first-order valence-electron chi connectivity index (χ1n) is 8.79. The van der Waals surface area contributed by atoms with Crippen LogP contribution in [0.2, 0.25) is 0 Å². The van der Waals surface area contributed by atoms with Gasteiger partial charge in [0.05, 0.1) is 24.6 Å². The lowest BCUT2D eigenvalue weighted by molar-refractivity contribution is -0.141. The Bertz CT molecular complexity index is 891. The zero-order valence-electron chi connectivity index (χ0n) is 16.1. The number of rotatable bonds is 7. The average Bonchev–Trinajstić information content (AvgIpc) is 2.86. The molecule has 0 bridgehead atoms. The summed E-state index contributed by atoms with van der Waals surface area (Å²) in [5.41, 5.74) is -3.85. The fourth-order valence-electron chi connectivity index (χ4n) is 4.01. The van der Waals surface area contributed by atoms with Crippen LogP contribution >= 0.6 is 0 Å². The molecule has 0 aromatic carbocycles. The number of hydrogen-bond donors (Lipinski definition) is 1. The van der Waals surface area contributed by atoms with Crippen LogP contribution in [-0.2, 0) is 33.5 Å². The summed E-state index contributed by atoms with van der Waals surface area (Å²) in [6, 6.07) is 0. The Labute approximate surface area is 165 Å². The van der Waals surface area contributed by atoms with E-state index in [2.05, 4.69) is 10.7 Å². The predicted octanol–water partition coefficient (Wildman–Crippen LogP) is 3.83. The quantitative estimate of drug-likeness (QED) is 0.318. The molecular formula is C20H21F4NO4. The number of esters is 1. The highest BCUT2D eigenvalue weighted by Crippen LogP contribution is 2.71. The molecule has 2 rings (SSSR count). The molecular weight excluding hydrogens is 394 g/mol. The molecule has 9 heteroatoms. The first-order valence-corrected chi connectivity index (χ1v) is 8.79. The number of allylic oxidation sites excluding steroid dienone is 1. The maximum Gasteiger partial charge on any atom is 0.418 e. The summed E-state index contributed by atoms with van der Waals surface area (Å²) in [5.74, 6) is -2.88. The average molecular weight is 415 g/mol. The van der Waals surface area contributed by atoms with Crippen molar-refractivity contribution < 1.29 is 37.0 Å². The molecule has 1 aliphatic rings. The van der Waals surface area contributed by atoms with Crippen molar-refractivity contribution >= 4 is 11.9 Å². The van der Waals surface area contributed by atoms with Gasteiger partial charge in [-0.1, -0.05) is 19.8 Å². The van der Waals surface area contributed by atoms with Crippen LogP contribution in [-0.4, -0.2) is 28.2 Å². The van der Waals surface area contributed by atoms with Gasteiger partial charge in [0.15, 0.2) is 0 Å². The third-order valence-corrected chi connectivity index (χ3v) is 5.48. The van der Waals surface area contributed by atoms with Crippen molar-refractivity contribution in [3.8, 4) is 12.3 Å². The minimum Gasteiger partial charge on any atom is -0.481 e. The molecule has 0 amide bonds. The maximum atomic E-state index is 14.4. The van der Waals surface area contributed by atoms with E-state index >= 15 is 0 Å². The fourth-order valence-corrected chi connectivity index (χ4v) is 4.01. The smallest absolute Gasteiger partial charge is 0.418 e. The number of carbonyl (C=O) groups excluding carboxylic acids is 1. The fraction of sp³-hybridized carbons (Fsp3) is 0.500. The van der Waals surface area contributed by atoms with Crippen LogP contribution in [0, 0.1) is 29.1 Å². The summed E-state index contributed by atoms with van der Waals surface area (Å²) in [7, 11) is 0. The van der Waals surface area contributed by atoms with E-state index in [-0.39, 0.29) is 18.7 Å². The van der Waals surface area contributed by atoms with Gasteiger partial charge in [-0.05, 0) is 30.4 Å². The van der Waals surface area contributed by atoms with Gasteiger partial charge in [0.2, 0.25) is 5.83 Å². The Morgan fingerprint density at radius 3 is 2.45 bits per heavy atom. The molecule has 5 nitrogen and oxygen atoms in total. The lowest BCUT2D eigenvalue weighted by atomic mass is 9.87. The summed E-state index contributed by atoms with van der Waals surface area (Å²) in [5, 5.41) is 9.55. The molecule has 1 aromatic rings. The molecule has 0 spiro atoms. The zero-order chi connectivity index (χ0) is 22.2. The molecule has 158 valence electrons. The predicted molar refractivity (Wildman–Crippen MR) is 95.1 cm³/mol. The molecule has 29 heavy (non-hydrogen) atoms. The summed E-state index contributed by atoms with van der Waals surface area (Å²) < 4.78 is 60.6. The van der Waals surface area contributed by atoms with Gasteiger partial charge in [0.25, 0.3) is 0 Å². The van der Waals surface area contributed by atoms with Crippen LogP contribution in [0.25, 0.3) is 0 Å². The minimum atomic E-state index is -4.71. The van der Waals surface area contributed by atoms with Gasteiger partial charge in [-0.25, -0.2) is 4.79 Å². The van der Waals surface area contributed by atoms with Crippen LogP contribution in [0.4, 0.5) is 17.6 Å². The highest BCUT2D eigenvalue weighted by Gasteiger charge is 2.73. The van der Waals surface area contributed by atoms with Gasteiger partial charge in [-0.2, -0.15) is 17.6 Å². The normalized spacial score (nSPS) is 23.4. The van der Waals surface area contributed by atoms with E-state index in [1.165, 1.54) is 27.0 Å². The van der Waals surface area contributed by atoms with Crippen LogP contribution in [0.15, 0.2) is 24.3 Å². The van der Waals surface area contributed by atoms with Gasteiger partial charge < -0.3 is 14.4 Å². The molecule has 0 radical (unpaired) electrons. The van der Waals surface area contributed by atoms with Crippen molar-refractivity contribution in [1.82, 2.24) is 4.57 Å². The second kappa shape index (κ2) is 7.58. The highest BCUT2D eigenvalue weighted by molar-refractivity contribution is 5.87. The van der Waals surface area contributed by atoms with Crippen LogP contribution < -0.4 is 0 Å². The molecule has 2 atom stereocenters. The second-order valence-corrected chi connectivity index (χ2v) is 7.49. The Hall–Kier alpha value is -2.76. The van der Waals surface area contributed by atoms with Crippen molar-refractivity contribution in [2.45, 2.75) is 39.9 Å². The number of carboxylic acid groups (broad SMARTS) is 1. The molecule has 0 saturated heterocycles. The Morgan fingerprint density at radius 1 is 1.38 bits per heavy atom. The molecule has 1 saturated carbocycles. The number of halogens is 4. The number of ether oxygens (including phenoxy) is 1. The number of aliphatic carboxylic acids is 1. The topological polar surface area (TPSA) is 68.5 Å². The minimum absolute atomic E-state index is 0.105. The summed E-state index contributed by atoms with van der Waals surface area (Å²) >= 11 is 0. The van der Waals surface area contributed by atoms with Gasteiger partial charge in [-0.15, -0.1) is 6.42 Å². The van der Waals surface area contributed by atoms with Crippen molar-refractivity contribution in [2.24, 2.45) is 16.7 Å². The molecule has 1 aromatic heterocycles. The van der Waals surface area contributed by atoms with E-state index in [9.17, 15) is 32.3 Å². The summed E-state index contributed by atoms with van der Waals surface area (Å²) in [4.78, 5) is 23.4. The standard InChI is InChI=1S/C20H21F4NO4/c1-5-7-25-10-12(13(11-25)20(22,23)24)8-19(9-14(21)17(28)29-6-2)15(16(26)27)18(19,3)4/h1,9-11,15H,6-8H2,2-4H3,(H,26,27)/t15-,19-/m0/s1. The van der Waals surface area contributed by atoms with E-state index in [1.54, 1.807) is 0 Å². The number of hydrogen-bond acceptors (Lipinski definition) is 3. The number of carbonyl (C=O) groups is 2. The first kappa shape index (κ1) is 22.5. The zero-order valence-corrected chi connectivity index (χ0v) is 16.1. The number of aromatic nitrogens is 1. The lowest BCUT2D eigenvalue weighted by Gasteiger charge is -2.18. The van der Waals surface area contributed by atoms with Crippen LogP contribution in [0.5, 0.6) is 0 Å². The van der Waals surface area contributed by atoms with Crippen molar-refractivity contribution in [1.29, 1.82) is 0 Å². The highest BCUT2D eigenvalue weighted by atomic mass is 19.4. The van der Waals surface area contributed by atoms with E-state index < -0.39 is 52.7 Å². The second-order valence-electron chi connectivity index (χ2n) is 7.49. The van der Waals surface area contributed by atoms with Crippen molar-refractivity contribution in [2.75, 3.05) is 6.61 Å². The summed E-state index contributed by atoms with van der Waals surface area (Å²) in [6.45, 7) is 4.26. The van der Waals surface area contributed by atoms with E-state index in [1.807, 2.05) is 0 Å². The third kappa shape index (κ3) is 4.02. The van der Waals surface area contributed by atoms with E-state index in [0.29, 0.717) is 0 Å². The van der Waals surface area contributed by atoms with E-state index in [0.717, 1.165) is 16.8 Å². The van der Waals surface area contributed by atoms with E-state index in [4.69, 9.17) is 6.42 Å².